The molecule has 2 nitrogen and oxygen atoms in total. The molecule has 0 radical (unpaired) electrons. The summed E-state index contributed by atoms with van der Waals surface area (Å²) in [6.07, 6.45) is 0.473. The molecule has 2 heterocycles. The lowest BCUT2D eigenvalue weighted by Crippen LogP contribution is -2.38. The summed E-state index contributed by atoms with van der Waals surface area (Å²) in [5.41, 5.74) is 8.47. The van der Waals surface area contributed by atoms with Gasteiger partial charge in [-0.15, -0.1) is 0 Å². The highest BCUT2D eigenvalue weighted by molar-refractivity contribution is 5.77. The Morgan fingerprint density at radius 1 is 0.688 bits per heavy atom. The summed E-state index contributed by atoms with van der Waals surface area (Å²) in [5, 5.41) is 0. The van der Waals surface area contributed by atoms with Gasteiger partial charge in [0.05, 0.1) is 0 Å². The molecule has 4 aromatic carbocycles. The third-order valence-corrected chi connectivity index (χ3v) is 6.75. The topological polar surface area (TPSA) is 8.81 Å². The van der Waals surface area contributed by atoms with Gasteiger partial charge >= 0.3 is 0 Å². The molecule has 0 bridgehead atoms. The molecule has 2 heteroatoms. The van der Waals surface area contributed by atoms with Crippen molar-refractivity contribution in [1.29, 1.82) is 0 Å². The highest BCUT2D eigenvalue weighted by Crippen LogP contribution is 2.51. The van der Waals surface area contributed by atoms with Crippen molar-refractivity contribution in [3.05, 3.63) is 143 Å². The van der Waals surface area contributed by atoms with Crippen LogP contribution in [0.2, 0.25) is 0 Å². The first-order valence-corrected chi connectivity index (χ1v) is 11.1. The summed E-state index contributed by atoms with van der Waals surface area (Å²) in [4.78, 5) is 0. The zero-order chi connectivity index (χ0) is 22.6. The Hall–Kier alpha value is -3.91. The van der Waals surface area contributed by atoms with Crippen molar-refractivity contribution in [1.82, 2.24) is 4.57 Å². The minimum absolute atomic E-state index is 0.473. The summed E-state index contributed by atoms with van der Waals surface area (Å²) >= 11 is 0. The van der Waals surface area contributed by atoms with Gasteiger partial charge in [0, 0.05) is 29.2 Å². The van der Waals surface area contributed by atoms with Crippen LogP contribution in [0.1, 0.15) is 29.3 Å². The van der Waals surface area contributed by atoms with Crippen LogP contribution in [0.3, 0.4) is 0 Å². The number of aryl methyl sites for hydroxylation is 1. The standard InChI is InChI=1S/C30H25N2/c1-22-13-9-12-20-28(22)31-21-32-29(23(31)2)26-18-10-11-19-27(26)30(32,24-14-5-3-6-15-24)25-16-7-4-8-17-25/h3-21H,1-2H3/q+1/i21D. The Labute approximate surface area is 190 Å². The van der Waals surface area contributed by atoms with Crippen molar-refractivity contribution in [3.63, 3.8) is 0 Å². The lowest BCUT2D eigenvalue weighted by molar-refractivity contribution is -0.602. The van der Waals surface area contributed by atoms with Gasteiger partial charge in [-0.05, 0) is 18.6 Å². The molecule has 0 saturated carbocycles. The van der Waals surface area contributed by atoms with E-state index in [0.29, 0.717) is 6.30 Å². The van der Waals surface area contributed by atoms with Gasteiger partial charge in [-0.25, -0.2) is 4.57 Å². The SMILES string of the molecule is [2H]c1n2c(c(C)[n+]1-c1ccccc1C)-c1ccccc1C2(c1ccccc1)c1ccccc1. The van der Waals surface area contributed by atoms with Crippen LogP contribution in [-0.4, -0.2) is 4.57 Å². The molecular weight excluding hydrogens is 388 g/mol. The van der Waals surface area contributed by atoms with E-state index in [0.717, 1.165) is 33.8 Å². The highest BCUT2D eigenvalue weighted by atomic mass is 15.2. The molecule has 1 aromatic heterocycles. The molecule has 0 N–H and O–H groups in total. The van der Waals surface area contributed by atoms with Crippen LogP contribution < -0.4 is 4.57 Å². The maximum absolute atomic E-state index is 9.54. The number of imidazole rings is 1. The number of rotatable bonds is 3. The van der Waals surface area contributed by atoms with Crippen molar-refractivity contribution in [2.24, 2.45) is 0 Å². The van der Waals surface area contributed by atoms with Crippen molar-refractivity contribution >= 4 is 0 Å². The van der Waals surface area contributed by atoms with Crippen LogP contribution in [0.4, 0.5) is 0 Å². The molecule has 5 aromatic rings. The second kappa shape index (κ2) is 7.06. The van der Waals surface area contributed by atoms with Gasteiger partial charge in [0.15, 0.2) is 18.3 Å². The van der Waals surface area contributed by atoms with E-state index in [-0.39, 0.29) is 0 Å². The minimum atomic E-state index is -0.621. The van der Waals surface area contributed by atoms with Crippen molar-refractivity contribution < 1.29 is 5.94 Å². The van der Waals surface area contributed by atoms with E-state index in [9.17, 15) is 1.37 Å². The number of para-hydroxylation sites is 1. The van der Waals surface area contributed by atoms with Crippen LogP contribution in [-0.2, 0) is 5.54 Å². The van der Waals surface area contributed by atoms with Crippen LogP contribution >= 0.6 is 0 Å². The van der Waals surface area contributed by atoms with E-state index in [1.54, 1.807) is 0 Å². The van der Waals surface area contributed by atoms with Crippen LogP contribution in [0.15, 0.2) is 115 Å². The maximum atomic E-state index is 9.54. The van der Waals surface area contributed by atoms with Gasteiger partial charge in [0.1, 0.15) is 5.69 Å². The van der Waals surface area contributed by atoms with Crippen molar-refractivity contribution in [2.75, 3.05) is 0 Å². The molecule has 1 aliphatic heterocycles. The van der Waals surface area contributed by atoms with E-state index in [1.165, 1.54) is 11.1 Å². The van der Waals surface area contributed by atoms with Gasteiger partial charge < -0.3 is 0 Å². The van der Waals surface area contributed by atoms with E-state index in [4.69, 9.17) is 0 Å². The molecular formula is C30H25N2+. The number of fused-ring (bicyclic) bond motifs is 3. The predicted molar refractivity (Wildman–Crippen MR) is 129 cm³/mol. The fourth-order valence-electron chi connectivity index (χ4n) is 5.32. The molecule has 1 aliphatic rings. The maximum Gasteiger partial charge on any atom is 0.251 e. The van der Waals surface area contributed by atoms with Crippen LogP contribution in [0.5, 0.6) is 0 Å². The summed E-state index contributed by atoms with van der Waals surface area (Å²) in [7, 11) is 0. The third kappa shape index (κ3) is 2.44. The molecule has 0 saturated heterocycles. The van der Waals surface area contributed by atoms with E-state index in [1.807, 2.05) is 6.07 Å². The molecule has 0 atom stereocenters. The van der Waals surface area contributed by atoms with Gasteiger partial charge in [-0.2, -0.15) is 4.57 Å². The first-order chi connectivity index (χ1) is 16.2. The van der Waals surface area contributed by atoms with Gasteiger partial charge in [0.25, 0.3) is 6.30 Å². The van der Waals surface area contributed by atoms with Gasteiger partial charge in [-0.3, -0.25) is 0 Å². The number of nitrogens with zero attached hydrogens (tertiary/aromatic N) is 2. The summed E-state index contributed by atoms with van der Waals surface area (Å²) in [6, 6.07) is 38.2. The van der Waals surface area contributed by atoms with Crippen LogP contribution in [0, 0.1) is 13.8 Å². The largest absolute Gasteiger partial charge is 0.251 e. The fourth-order valence-corrected chi connectivity index (χ4v) is 5.32. The van der Waals surface area contributed by atoms with Gasteiger partial charge in [0.2, 0.25) is 0 Å². The first-order valence-electron chi connectivity index (χ1n) is 11.6. The number of hydrogen-bond acceptors (Lipinski definition) is 0. The second-order valence-electron chi connectivity index (χ2n) is 8.48. The average molecular weight is 415 g/mol. The molecule has 0 unspecified atom stereocenters. The Bertz CT molecular complexity index is 1440. The number of benzene rings is 4. The number of aromatic nitrogens is 2. The fraction of sp³-hybridized carbons (Fsp3) is 0.100. The molecule has 0 spiro atoms. The molecule has 0 aliphatic carbocycles. The lowest BCUT2D eigenvalue weighted by Gasteiger charge is -2.29. The molecule has 0 fully saturated rings. The molecule has 0 amide bonds. The van der Waals surface area contributed by atoms with Crippen molar-refractivity contribution in [3.8, 4) is 16.9 Å². The first kappa shape index (κ1) is 17.7. The second-order valence-corrected chi connectivity index (χ2v) is 8.48. The predicted octanol–water partition coefficient (Wildman–Crippen LogP) is 6.20. The Kier molecular flexibility index (Phi) is 3.92. The summed E-state index contributed by atoms with van der Waals surface area (Å²) < 4.78 is 13.9. The smallest absolute Gasteiger partial charge is 0.211 e. The zero-order valence-electron chi connectivity index (χ0n) is 19.3. The third-order valence-electron chi connectivity index (χ3n) is 6.75. The molecule has 154 valence electrons. The zero-order valence-corrected chi connectivity index (χ0v) is 18.3. The van der Waals surface area contributed by atoms with Crippen LogP contribution in [0.25, 0.3) is 16.9 Å². The average Bonchev–Trinajstić information content (AvgIpc) is 3.31. The lowest BCUT2D eigenvalue weighted by atomic mass is 9.77. The molecule has 6 rings (SSSR count). The minimum Gasteiger partial charge on any atom is -0.211 e. The van der Waals surface area contributed by atoms with Crippen molar-refractivity contribution in [2.45, 2.75) is 19.4 Å². The van der Waals surface area contributed by atoms with E-state index in [2.05, 4.69) is 126 Å². The number of hydrogen-bond donors (Lipinski definition) is 0. The van der Waals surface area contributed by atoms with E-state index >= 15 is 0 Å². The Balaban J connectivity index is 1.82. The van der Waals surface area contributed by atoms with Gasteiger partial charge in [-0.1, -0.05) is 103 Å². The van der Waals surface area contributed by atoms with E-state index < -0.39 is 5.54 Å². The highest BCUT2D eigenvalue weighted by Gasteiger charge is 2.52. The summed E-state index contributed by atoms with van der Waals surface area (Å²) in [5.74, 6) is 0. The monoisotopic (exact) mass is 414 g/mol. The normalized spacial score (nSPS) is 14.0. The Morgan fingerprint density at radius 3 is 1.91 bits per heavy atom. The Morgan fingerprint density at radius 2 is 1.25 bits per heavy atom. The summed E-state index contributed by atoms with van der Waals surface area (Å²) in [6.45, 7) is 4.25. The quantitative estimate of drug-likeness (QED) is 0.305. The molecule has 32 heavy (non-hydrogen) atoms.